The van der Waals surface area contributed by atoms with Crippen LogP contribution >= 0.6 is 0 Å². The van der Waals surface area contributed by atoms with Gasteiger partial charge in [-0.05, 0) is 57.0 Å². The number of hydrogen-bond donors (Lipinski definition) is 0. The van der Waals surface area contributed by atoms with Gasteiger partial charge in [-0.1, -0.05) is 66.2 Å². The average molecular weight is 545 g/mol. The van der Waals surface area contributed by atoms with Crippen LogP contribution in [0.1, 0.15) is 46.0 Å². The van der Waals surface area contributed by atoms with Gasteiger partial charge in [0.05, 0.1) is 34.3 Å². The van der Waals surface area contributed by atoms with Gasteiger partial charge in [-0.25, -0.2) is 9.78 Å². The van der Waals surface area contributed by atoms with E-state index in [1.807, 2.05) is 43.3 Å². The number of ether oxygens (including phenoxy) is 1. The third-order valence-corrected chi connectivity index (χ3v) is 7.82. The zero-order valence-corrected chi connectivity index (χ0v) is 22.7. The summed E-state index contributed by atoms with van der Waals surface area (Å²) in [5, 5.41) is 0.624. The van der Waals surface area contributed by atoms with Gasteiger partial charge in [0.2, 0.25) is 17.6 Å². The molecule has 0 radical (unpaired) electrons. The average Bonchev–Trinajstić information content (AvgIpc) is 3.26. The summed E-state index contributed by atoms with van der Waals surface area (Å²) in [4.78, 5) is 58.4. The highest BCUT2D eigenvalue weighted by atomic mass is 16.5. The first kappa shape index (κ1) is 26.3. The van der Waals surface area contributed by atoms with Crippen molar-refractivity contribution in [3.05, 3.63) is 108 Å². The number of amides is 2. The first-order valence-electron chi connectivity index (χ1n) is 13.7. The standard InChI is InChI=1S/C34H28N2O5/c1-20-12-17-29-27(18-20)28(34(40)41-21(2)31(37)23-8-4-3-5-9-23)19-30(35-29)22-13-15-24(16-14-22)36-32(38)25-10-6-7-11-26(25)33(36)39/h3-9,12-19,21,25-26H,10-11H2,1-2H3. The molecule has 0 bridgehead atoms. The highest BCUT2D eigenvalue weighted by Crippen LogP contribution is 2.38. The Kier molecular flexibility index (Phi) is 6.79. The third kappa shape index (κ3) is 4.84. The van der Waals surface area contributed by atoms with E-state index in [1.54, 1.807) is 61.5 Å². The number of fused-ring (bicyclic) bond motifs is 2. The maximum atomic E-state index is 13.4. The van der Waals surface area contributed by atoms with Gasteiger partial charge < -0.3 is 4.74 Å². The smallest absolute Gasteiger partial charge is 0.339 e. The molecule has 41 heavy (non-hydrogen) atoms. The van der Waals surface area contributed by atoms with Crippen molar-refractivity contribution in [2.24, 2.45) is 11.8 Å². The van der Waals surface area contributed by atoms with Crippen molar-refractivity contribution in [1.29, 1.82) is 0 Å². The minimum Gasteiger partial charge on any atom is -0.451 e. The summed E-state index contributed by atoms with van der Waals surface area (Å²) in [7, 11) is 0. The second-order valence-corrected chi connectivity index (χ2v) is 10.6. The molecule has 3 aromatic carbocycles. The van der Waals surface area contributed by atoms with Crippen LogP contribution in [0.4, 0.5) is 5.69 Å². The Labute approximate surface area is 237 Å². The molecule has 204 valence electrons. The number of allylic oxidation sites excluding steroid dienone is 2. The van der Waals surface area contributed by atoms with Gasteiger partial charge in [-0.3, -0.25) is 19.3 Å². The predicted molar refractivity (Wildman–Crippen MR) is 155 cm³/mol. The molecule has 0 saturated carbocycles. The second kappa shape index (κ2) is 10.6. The zero-order chi connectivity index (χ0) is 28.7. The number of aryl methyl sites for hydroxylation is 1. The van der Waals surface area contributed by atoms with Crippen molar-refractivity contribution >= 4 is 40.2 Å². The summed E-state index contributed by atoms with van der Waals surface area (Å²) in [5.74, 6) is -1.85. The highest BCUT2D eigenvalue weighted by Gasteiger charge is 2.47. The molecule has 1 fully saturated rings. The van der Waals surface area contributed by atoms with Gasteiger partial charge in [0, 0.05) is 16.5 Å². The van der Waals surface area contributed by atoms with Crippen molar-refractivity contribution in [2.45, 2.75) is 32.8 Å². The molecule has 4 aromatic rings. The summed E-state index contributed by atoms with van der Waals surface area (Å²) in [6.07, 6.45) is 4.12. The van der Waals surface area contributed by atoms with Crippen LogP contribution in [0.3, 0.4) is 0 Å². The van der Waals surface area contributed by atoms with E-state index in [9.17, 15) is 19.2 Å². The lowest BCUT2D eigenvalue weighted by atomic mass is 9.85. The number of pyridine rings is 1. The minimum absolute atomic E-state index is 0.166. The number of nitrogens with zero attached hydrogens (tertiary/aromatic N) is 2. The Hall–Kier alpha value is -4.91. The Morgan fingerprint density at radius 3 is 2.20 bits per heavy atom. The predicted octanol–water partition coefficient (Wildman–Crippen LogP) is 6.09. The van der Waals surface area contributed by atoms with E-state index in [0.29, 0.717) is 51.8 Å². The number of imide groups is 1. The number of carbonyl (C=O) groups is 4. The third-order valence-electron chi connectivity index (χ3n) is 7.82. The molecule has 3 atom stereocenters. The number of Topliss-reactive ketones (excluding diaryl/α,β-unsaturated/α-hetero) is 1. The van der Waals surface area contributed by atoms with Crippen molar-refractivity contribution in [3.8, 4) is 11.3 Å². The van der Waals surface area contributed by atoms with Gasteiger partial charge >= 0.3 is 5.97 Å². The van der Waals surface area contributed by atoms with E-state index in [4.69, 9.17) is 9.72 Å². The van der Waals surface area contributed by atoms with E-state index in [-0.39, 0.29) is 29.4 Å². The summed E-state index contributed by atoms with van der Waals surface area (Å²) in [6.45, 7) is 3.49. The van der Waals surface area contributed by atoms with Crippen molar-refractivity contribution in [3.63, 3.8) is 0 Å². The number of rotatable bonds is 6. The summed E-state index contributed by atoms with van der Waals surface area (Å²) < 4.78 is 5.65. The van der Waals surface area contributed by atoms with E-state index in [2.05, 4.69) is 0 Å². The lowest BCUT2D eigenvalue weighted by molar-refractivity contribution is -0.122. The molecular formula is C34H28N2O5. The van der Waals surface area contributed by atoms with Gasteiger partial charge in [-0.15, -0.1) is 0 Å². The SMILES string of the molecule is Cc1ccc2nc(-c3ccc(N4C(=O)C5CC=CCC5C4=O)cc3)cc(C(=O)OC(C)C(=O)c3ccccc3)c2c1. The molecule has 3 unspecified atom stereocenters. The molecule has 7 nitrogen and oxygen atoms in total. The van der Waals surface area contributed by atoms with Crippen LogP contribution in [-0.4, -0.2) is 34.7 Å². The Morgan fingerprint density at radius 1 is 0.878 bits per heavy atom. The molecule has 1 aliphatic heterocycles. The first-order valence-corrected chi connectivity index (χ1v) is 13.7. The number of hydrogen-bond acceptors (Lipinski definition) is 6. The molecule has 2 amide bonds. The number of ketones is 1. The van der Waals surface area contributed by atoms with Crippen LogP contribution < -0.4 is 4.90 Å². The lowest BCUT2D eigenvalue weighted by Gasteiger charge is -2.16. The van der Waals surface area contributed by atoms with Crippen LogP contribution in [0.2, 0.25) is 0 Å². The van der Waals surface area contributed by atoms with Crippen LogP contribution in [0.5, 0.6) is 0 Å². The normalized spacial score (nSPS) is 18.8. The minimum atomic E-state index is -0.977. The second-order valence-electron chi connectivity index (χ2n) is 10.6. The lowest BCUT2D eigenvalue weighted by Crippen LogP contribution is -2.30. The van der Waals surface area contributed by atoms with Crippen LogP contribution in [0, 0.1) is 18.8 Å². The fraction of sp³-hybridized carbons (Fsp3) is 0.206. The summed E-state index contributed by atoms with van der Waals surface area (Å²) >= 11 is 0. The molecule has 6 rings (SSSR count). The highest BCUT2D eigenvalue weighted by molar-refractivity contribution is 6.22. The van der Waals surface area contributed by atoms with Crippen LogP contribution in [-0.2, 0) is 14.3 Å². The van der Waals surface area contributed by atoms with E-state index in [0.717, 1.165) is 5.56 Å². The maximum Gasteiger partial charge on any atom is 0.339 e. The molecule has 0 spiro atoms. The number of esters is 1. The first-order chi connectivity index (χ1) is 19.8. The largest absolute Gasteiger partial charge is 0.451 e. The molecule has 1 aliphatic carbocycles. The monoisotopic (exact) mass is 544 g/mol. The fourth-order valence-electron chi connectivity index (χ4n) is 5.61. The molecule has 1 saturated heterocycles. The fourth-order valence-corrected chi connectivity index (χ4v) is 5.61. The quantitative estimate of drug-likeness (QED) is 0.126. The maximum absolute atomic E-state index is 13.4. The van der Waals surface area contributed by atoms with E-state index >= 15 is 0 Å². The summed E-state index contributed by atoms with van der Waals surface area (Å²) in [6, 6.07) is 23.0. The molecule has 0 N–H and O–H groups in total. The number of aromatic nitrogens is 1. The van der Waals surface area contributed by atoms with Crippen LogP contribution in [0.25, 0.3) is 22.2 Å². The van der Waals surface area contributed by atoms with Gasteiger partial charge in [0.15, 0.2) is 6.10 Å². The van der Waals surface area contributed by atoms with Crippen molar-refractivity contribution in [2.75, 3.05) is 4.90 Å². The summed E-state index contributed by atoms with van der Waals surface area (Å²) in [5.41, 5.74) is 4.07. The Balaban J connectivity index is 1.31. The number of carbonyl (C=O) groups excluding carboxylic acids is 4. The number of benzene rings is 3. The molecule has 2 aliphatic rings. The molecule has 7 heteroatoms. The van der Waals surface area contributed by atoms with Crippen LogP contribution in [0.15, 0.2) is 91.0 Å². The van der Waals surface area contributed by atoms with E-state index in [1.165, 1.54) is 4.90 Å². The van der Waals surface area contributed by atoms with Crippen molar-refractivity contribution in [1.82, 2.24) is 4.98 Å². The van der Waals surface area contributed by atoms with Crippen molar-refractivity contribution < 1.29 is 23.9 Å². The van der Waals surface area contributed by atoms with E-state index < -0.39 is 12.1 Å². The Bertz CT molecular complexity index is 1700. The van der Waals surface area contributed by atoms with Gasteiger partial charge in [0.25, 0.3) is 0 Å². The van der Waals surface area contributed by atoms with Gasteiger partial charge in [-0.2, -0.15) is 0 Å². The topological polar surface area (TPSA) is 93.6 Å². The van der Waals surface area contributed by atoms with Gasteiger partial charge in [0.1, 0.15) is 0 Å². The molecule has 2 heterocycles. The zero-order valence-electron chi connectivity index (χ0n) is 22.7. The Morgan fingerprint density at radius 2 is 1.54 bits per heavy atom. The molecule has 1 aromatic heterocycles. The number of anilines is 1. The molecular weight excluding hydrogens is 516 g/mol.